The van der Waals surface area contributed by atoms with Crippen LogP contribution >= 0.6 is 11.6 Å². The van der Waals surface area contributed by atoms with Crippen LogP contribution in [0.15, 0.2) is 71.8 Å². The highest BCUT2D eigenvalue weighted by Gasteiger charge is 2.18. The molecular formula is C24H21ClN4O2. The number of likely N-dealkylation sites (N-methyl/N-ethyl adjacent to an activating group) is 1. The summed E-state index contributed by atoms with van der Waals surface area (Å²) in [6, 6.07) is 16.5. The van der Waals surface area contributed by atoms with Gasteiger partial charge >= 0.3 is 0 Å². The van der Waals surface area contributed by atoms with E-state index in [1.165, 1.54) is 9.58 Å². The number of halogens is 1. The molecule has 4 rings (SSSR count). The first-order valence-corrected chi connectivity index (χ1v) is 10.2. The van der Waals surface area contributed by atoms with Gasteiger partial charge in [0.1, 0.15) is 6.54 Å². The van der Waals surface area contributed by atoms with E-state index in [4.69, 9.17) is 11.6 Å². The molecule has 0 radical (unpaired) electrons. The van der Waals surface area contributed by atoms with Gasteiger partial charge in [0.15, 0.2) is 0 Å². The zero-order valence-electron chi connectivity index (χ0n) is 17.2. The first-order chi connectivity index (χ1) is 14.9. The summed E-state index contributed by atoms with van der Waals surface area (Å²) in [6.45, 7) is 1.73. The number of anilines is 1. The van der Waals surface area contributed by atoms with Crippen molar-refractivity contribution in [3.63, 3.8) is 0 Å². The van der Waals surface area contributed by atoms with E-state index in [0.717, 1.165) is 22.2 Å². The van der Waals surface area contributed by atoms with Crippen molar-refractivity contribution in [2.75, 3.05) is 11.9 Å². The van der Waals surface area contributed by atoms with E-state index < -0.39 is 0 Å². The fourth-order valence-electron chi connectivity index (χ4n) is 3.55. The van der Waals surface area contributed by atoms with Crippen LogP contribution in [0.5, 0.6) is 0 Å². The minimum absolute atomic E-state index is 0.171. The molecule has 1 amide bonds. The standard InChI is InChI=1S/C24H21ClN4O2/c1-16-7-8-18(25)14-22(16)28(2)23(30)15-29-24(31)20-6-4-3-5-19(20)21(27-29)13-17-9-11-26-12-10-17/h3-12,14H,13,15H2,1-2H3. The van der Waals surface area contributed by atoms with Gasteiger partial charge in [-0.05, 0) is 48.4 Å². The van der Waals surface area contributed by atoms with E-state index in [1.807, 2.05) is 43.3 Å². The smallest absolute Gasteiger partial charge is 0.275 e. The molecule has 7 heteroatoms. The molecule has 0 fully saturated rings. The number of aryl methyl sites for hydroxylation is 1. The van der Waals surface area contributed by atoms with Crippen LogP contribution in [0, 0.1) is 6.92 Å². The lowest BCUT2D eigenvalue weighted by Crippen LogP contribution is -2.36. The fraction of sp³-hybridized carbons (Fsp3) is 0.167. The van der Waals surface area contributed by atoms with Crippen molar-refractivity contribution < 1.29 is 4.79 Å². The summed E-state index contributed by atoms with van der Waals surface area (Å²) in [5.41, 5.74) is 3.08. The Kier molecular flexibility index (Phi) is 5.82. The summed E-state index contributed by atoms with van der Waals surface area (Å²) < 4.78 is 1.25. The van der Waals surface area contributed by atoms with Gasteiger partial charge in [-0.2, -0.15) is 5.10 Å². The molecule has 0 saturated heterocycles. The van der Waals surface area contributed by atoms with Gasteiger partial charge in [0.2, 0.25) is 5.91 Å². The highest BCUT2D eigenvalue weighted by molar-refractivity contribution is 6.31. The second-order valence-electron chi connectivity index (χ2n) is 7.37. The Morgan fingerprint density at radius 3 is 2.52 bits per heavy atom. The summed E-state index contributed by atoms with van der Waals surface area (Å²) in [6.07, 6.45) is 3.97. The van der Waals surface area contributed by atoms with Crippen LogP contribution in [-0.2, 0) is 17.8 Å². The fourth-order valence-corrected chi connectivity index (χ4v) is 3.72. The number of hydrogen-bond donors (Lipinski definition) is 0. The molecule has 156 valence electrons. The molecule has 0 bridgehead atoms. The van der Waals surface area contributed by atoms with Gasteiger partial charge in [-0.25, -0.2) is 4.68 Å². The molecule has 0 saturated carbocycles. The monoisotopic (exact) mass is 432 g/mol. The lowest BCUT2D eigenvalue weighted by atomic mass is 10.1. The second-order valence-corrected chi connectivity index (χ2v) is 7.81. The minimum atomic E-state index is -0.293. The van der Waals surface area contributed by atoms with Gasteiger partial charge in [0.25, 0.3) is 5.56 Å². The summed E-state index contributed by atoms with van der Waals surface area (Å²) in [4.78, 5) is 31.6. The Morgan fingerprint density at radius 1 is 1.06 bits per heavy atom. The Morgan fingerprint density at radius 2 is 1.77 bits per heavy atom. The highest BCUT2D eigenvalue weighted by atomic mass is 35.5. The maximum atomic E-state index is 13.0. The normalized spacial score (nSPS) is 10.9. The Bertz CT molecular complexity index is 1320. The molecule has 2 heterocycles. The topological polar surface area (TPSA) is 68.1 Å². The van der Waals surface area contributed by atoms with Gasteiger partial charge in [-0.3, -0.25) is 14.6 Å². The van der Waals surface area contributed by atoms with Crippen LogP contribution in [0.25, 0.3) is 10.8 Å². The predicted octanol–water partition coefficient (Wildman–Crippen LogP) is 4.01. The summed E-state index contributed by atoms with van der Waals surface area (Å²) in [5, 5.41) is 6.43. The summed E-state index contributed by atoms with van der Waals surface area (Å²) in [5.74, 6) is -0.259. The average molecular weight is 433 g/mol. The molecule has 0 spiro atoms. The molecule has 0 aliphatic rings. The van der Waals surface area contributed by atoms with E-state index >= 15 is 0 Å². The van der Waals surface area contributed by atoms with Crippen LogP contribution in [0.1, 0.15) is 16.8 Å². The largest absolute Gasteiger partial charge is 0.314 e. The van der Waals surface area contributed by atoms with Crippen LogP contribution in [0.4, 0.5) is 5.69 Å². The van der Waals surface area contributed by atoms with Crippen molar-refractivity contribution in [1.29, 1.82) is 0 Å². The van der Waals surface area contributed by atoms with Gasteiger partial charge < -0.3 is 4.90 Å². The SMILES string of the molecule is Cc1ccc(Cl)cc1N(C)C(=O)Cn1nc(Cc2ccncc2)c2ccccc2c1=O. The van der Waals surface area contributed by atoms with Crippen LogP contribution in [-0.4, -0.2) is 27.7 Å². The van der Waals surface area contributed by atoms with Crippen molar-refractivity contribution in [3.05, 3.63) is 99.2 Å². The number of fused-ring (bicyclic) bond motifs is 1. The van der Waals surface area contributed by atoms with Crippen LogP contribution < -0.4 is 10.5 Å². The Labute approximate surface area is 184 Å². The molecular weight excluding hydrogens is 412 g/mol. The second kappa shape index (κ2) is 8.70. The predicted molar refractivity (Wildman–Crippen MR) is 123 cm³/mol. The van der Waals surface area contributed by atoms with Gasteiger partial charge in [-0.1, -0.05) is 35.9 Å². The maximum Gasteiger partial charge on any atom is 0.275 e. The number of carbonyl (C=O) groups is 1. The Balaban J connectivity index is 1.72. The third-order valence-corrected chi connectivity index (χ3v) is 5.49. The molecule has 0 aliphatic heterocycles. The highest BCUT2D eigenvalue weighted by Crippen LogP contribution is 2.24. The maximum absolute atomic E-state index is 13.0. The van der Waals surface area contributed by atoms with Gasteiger partial charge in [0, 0.05) is 42.0 Å². The molecule has 6 nitrogen and oxygen atoms in total. The first-order valence-electron chi connectivity index (χ1n) is 9.84. The van der Waals surface area contributed by atoms with Crippen molar-refractivity contribution in [2.24, 2.45) is 0 Å². The number of amides is 1. The molecule has 4 aromatic rings. The number of carbonyl (C=O) groups excluding carboxylic acids is 1. The van der Waals surface area contributed by atoms with Crippen molar-refractivity contribution in [2.45, 2.75) is 19.9 Å². The lowest BCUT2D eigenvalue weighted by molar-refractivity contribution is -0.119. The number of hydrogen-bond acceptors (Lipinski definition) is 4. The number of nitrogens with zero attached hydrogens (tertiary/aromatic N) is 4. The third kappa shape index (κ3) is 4.34. The molecule has 31 heavy (non-hydrogen) atoms. The number of rotatable bonds is 5. The van der Waals surface area contributed by atoms with E-state index in [-0.39, 0.29) is 18.0 Å². The van der Waals surface area contributed by atoms with Gasteiger partial charge in [-0.15, -0.1) is 0 Å². The van der Waals surface area contributed by atoms with Gasteiger partial charge in [0.05, 0.1) is 11.1 Å². The molecule has 2 aromatic heterocycles. The van der Waals surface area contributed by atoms with Crippen molar-refractivity contribution in [3.8, 4) is 0 Å². The lowest BCUT2D eigenvalue weighted by Gasteiger charge is -2.20. The first kappa shape index (κ1) is 20.8. The van der Waals surface area contributed by atoms with Crippen LogP contribution in [0.3, 0.4) is 0 Å². The molecule has 0 aliphatic carbocycles. The Hall–Kier alpha value is -3.51. The third-order valence-electron chi connectivity index (χ3n) is 5.26. The zero-order chi connectivity index (χ0) is 22.0. The average Bonchev–Trinajstić information content (AvgIpc) is 2.78. The van der Waals surface area contributed by atoms with Crippen molar-refractivity contribution in [1.82, 2.24) is 14.8 Å². The molecule has 0 N–H and O–H groups in total. The number of pyridine rings is 1. The zero-order valence-corrected chi connectivity index (χ0v) is 18.0. The van der Waals surface area contributed by atoms with E-state index in [9.17, 15) is 9.59 Å². The number of aromatic nitrogens is 3. The molecule has 0 atom stereocenters. The quantitative estimate of drug-likeness (QED) is 0.478. The van der Waals surface area contributed by atoms with Crippen LogP contribution in [0.2, 0.25) is 5.02 Å². The minimum Gasteiger partial charge on any atom is -0.314 e. The van der Waals surface area contributed by atoms with Crippen molar-refractivity contribution >= 4 is 34.0 Å². The van der Waals surface area contributed by atoms with E-state index in [2.05, 4.69) is 10.1 Å². The van der Waals surface area contributed by atoms with E-state index in [0.29, 0.717) is 22.5 Å². The van der Waals surface area contributed by atoms with E-state index in [1.54, 1.807) is 37.6 Å². The summed E-state index contributed by atoms with van der Waals surface area (Å²) in [7, 11) is 1.67. The molecule has 2 aromatic carbocycles. The summed E-state index contributed by atoms with van der Waals surface area (Å²) >= 11 is 6.10. The molecule has 0 unspecified atom stereocenters. The number of benzene rings is 2.